The molecule has 0 bridgehead atoms. The molecule has 3 aromatic rings. The fraction of sp³-hybridized carbons (Fsp3) is 0.259. The number of amides is 1. The van der Waals surface area contributed by atoms with Crippen molar-refractivity contribution < 1.29 is 26.4 Å². The lowest BCUT2D eigenvalue weighted by Gasteiger charge is -2.14. The molecule has 1 aliphatic rings. The Hall–Kier alpha value is -3.25. The standard InChI is InChI=1S/C27H28ClN3O6S2/c1-30(2)39(36,37)15-14-18-8-10-19(11-9-18)17-31-23-13-12-20(28)16-22(23)25(21-6-4-5-7-24(21)32)26(31)27(33)29-38(3,34)35/h4-6,8-13,16H,7,14-15,17H2,1-3H3,(H,29,33). The van der Waals surface area contributed by atoms with Crippen LogP contribution in [0.1, 0.15) is 33.6 Å². The molecule has 0 aliphatic heterocycles. The molecule has 0 radical (unpaired) electrons. The van der Waals surface area contributed by atoms with Crippen molar-refractivity contribution in [3.63, 3.8) is 0 Å². The first-order valence-electron chi connectivity index (χ1n) is 12.0. The van der Waals surface area contributed by atoms with Crippen molar-refractivity contribution in [3.8, 4) is 0 Å². The minimum absolute atomic E-state index is 0.0220. The summed E-state index contributed by atoms with van der Waals surface area (Å²) in [6, 6.07) is 12.3. The third-order valence-electron chi connectivity index (χ3n) is 6.36. The molecule has 0 atom stereocenters. The van der Waals surface area contributed by atoms with Crippen molar-refractivity contribution in [1.29, 1.82) is 0 Å². The number of nitrogens with zero attached hydrogens (tertiary/aromatic N) is 2. The van der Waals surface area contributed by atoms with Crippen molar-refractivity contribution in [1.82, 2.24) is 13.6 Å². The Labute approximate surface area is 232 Å². The minimum atomic E-state index is -3.91. The lowest BCUT2D eigenvalue weighted by atomic mass is 9.93. The molecule has 1 aliphatic carbocycles. The number of Topliss-reactive ketones (excluding diaryl/α,β-unsaturated/α-hetero) is 1. The molecule has 2 aromatic carbocycles. The molecule has 4 rings (SSSR count). The number of halogens is 1. The van der Waals surface area contributed by atoms with Gasteiger partial charge in [0.25, 0.3) is 5.91 Å². The second-order valence-corrected chi connectivity index (χ2v) is 14.0. The second-order valence-electron chi connectivity index (χ2n) is 9.48. The molecule has 1 aromatic heterocycles. The van der Waals surface area contributed by atoms with Crippen molar-refractivity contribution in [2.45, 2.75) is 19.4 Å². The normalized spacial score (nSPS) is 14.2. The van der Waals surface area contributed by atoms with Gasteiger partial charge in [-0.3, -0.25) is 9.59 Å². The third-order valence-corrected chi connectivity index (χ3v) is 8.98. The van der Waals surface area contributed by atoms with Crippen LogP contribution in [0.3, 0.4) is 0 Å². The summed E-state index contributed by atoms with van der Waals surface area (Å²) < 4.78 is 53.2. The number of sulfonamides is 2. The summed E-state index contributed by atoms with van der Waals surface area (Å²) in [6.45, 7) is 0.179. The summed E-state index contributed by atoms with van der Waals surface area (Å²) in [5.74, 6) is -1.10. The number of carbonyl (C=O) groups excluding carboxylic acids is 2. The summed E-state index contributed by atoms with van der Waals surface area (Å²) in [4.78, 5) is 26.3. The zero-order valence-electron chi connectivity index (χ0n) is 21.6. The van der Waals surface area contributed by atoms with Crippen molar-refractivity contribution >= 4 is 59.8 Å². The summed E-state index contributed by atoms with van der Waals surface area (Å²) in [6.07, 6.45) is 6.41. The number of carbonyl (C=O) groups is 2. The van der Waals surface area contributed by atoms with Gasteiger partial charge in [0, 0.05) is 54.1 Å². The smallest absolute Gasteiger partial charge is 0.282 e. The molecular formula is C27H28ClN3O6S2. The minimum Gasteiger partial charge on any atom is -0.331 e. The van der Waals surface area contributed by atoms with E-state index >= 15 is 0 Å². The Morgan fingerprint density at radius 3 is 2.33 bits per heavy atom. The van der Waals surface area contributed by atoms with Gasteiger partial charge in [-0.1, -0.05) is 54.1 Å². The van der Waals surface area contributed by atoms with E-state index in [1.54, 1.807) is 41.0 Å². The molecule has 0 saturated carbocycles. The number of hydrogen-bond donors (Lipinski definition) is 1. The Morgan fingerprint density at radius 2 is 1.72 bits per heavy atom. The lowest BCUT2D eigenvalue weighted by Crippen LogP contribution is -2.32. The number of allylic oxidation sites excluding steroid dienone is 4. The second kappa shape index (κ2) is 11.1. The van der Waals surface area contributed by atoms with E-state index in [-0.39, 0.29) is 30.2 Å². The van der Waals surface area contributed by atoms with E-state index in [4.69, 9.17) is 11.6 Å². The molecule has 1 N–H and O–H groups in total. The van der Waals surface area contributed by atoms with Gasteiger partial charge in [-0.05, 0) is 35.7 Å². The van der Waals surface area contributed by atoms with Crippen LogP contribution in [0, 0.1) is 0 Å². The number of ketones is 1. The monoisotopic (exact) mass is 589 g/mol. The molecule has 0 saturated heterocycles. The number of hydrogen-bond acceptors (Lipinski definition) is 6. The van der Waals surface area contributed by atoms with Crippen LogP contribution in [0.15, 0.2) is 60.7 Å². The summed E-state index contributed by atoms with van der Waals surface area (Å²) in [7, 11) is -4.26. The van der Waals surface area contributed by atoms with E-state index in [0.717, 1.165) is 17.4 Å². The van der Waals surface area contributed by atoms with E-state index in [1.807, 2.05) is 29.0 Å². The van der Waals surface area contributed by atoms with Crippen LogP contribution < -0.4 is 4.72 Å². The number of rotatable bonds is 9. The highest BCUT2D eigenvalue weighted by atomic mass is 35.5. The van der Waals surface area contributed by atoms with Gasteiger partial charge in [-0.25, -0.2) is 25.9 Å². The van der Waals surface area contributed by atoms with Crippen molar-refractivity contribution in [3.05, 3.63) is 88.1 Å². The highest BCUT2D eigenvalue weighted by Crippen LogP contribution is 2.36. The highest BCUT2D eigenvalue weighted by molar-refractivity contribution is 7.89. The molecule has 206 valence electrons. The van der Waals surface area contributed by atoms with Gasteiger partial charge in [-0.15, -0.1) is 0 Å². The van der Waals surface area contributed by atoms with Gasteiger partial charge in [0.05, 0.1) is 12.0 Å². The maximum atomic E-state index is 13.4. The fourth-order valence-corrected chi connectivity index (χ4v) is 5.87. The maximum absolute atomic E-state index is 13.4. The Balaban J connectivity index is 1.82. The molecule has 39 heavy (non-hydrogen) atoms. The van der Waals surface area contributed by atoms with Gasteiger partial charge in [0.1, 0.15) is 5.69 Å². The zero-order valence-corrected chi connectivity index (χ0v) is 24.0. The Morgan fingerprint density at radius 1 is 1.05 bits per heavy atom. The molecule has 0 unspecified atom stereocenters. The van der Waals surface area contributed by atoms with Crippen LogP contribution in [0.4, 0.5) is 0 Å². The van der Waals surface area contributed by atoms with Crippen molar-refractivity contribution in [2.24, 2.45) is 0 Å². The average Bonchev–Trinajstić information content (AvgIpc) is 3.15. The molecular weight excluding hydrogens is 562 g/mol. The summed E-state index contributed by atoms with van der Waals surface area (Å²) in [5, 5.41) is 0.939. The van der Waals surface area contributed by atoms with Crippen LogP contribution >= 0.6 is 11.6 Å². The number of benzene rings is 2. The highest BCUT2D eigenvalue weighted by Gasteiger charge is 2.29. The van der Waals surface area contributed by atoms with E-state index in [9.17, 15) is 26.4 Å². The van der Waals surface area contributed by atoms with Crippen LogP contribution in [-0.2, 0) is 37.8 Å². The zero-order chi connectivity index (χ0) is 28.5. The molecule has 1 heterocycles. The van der Waals surface area contributed by atoms with Gasteiger partial charge in [-0.2, -0.15) is 0 Å². The number of fused-ring (bicyclic) bond motifs is 1. The average molecular weight is 590 g/mol. The predicted octanol–water partition coefficient (Wildman–Crippen LogP) is 3.38. The lowest BCUT2D eigenvalue weighted by molar-refractivity contribution is -0.113. The van der Waals surface area contributed by atoms with Crippen LogP contribution in [0.25, 0.3) is 16.5 Å². The fourth-order valence-electron chi connectivity index (χ4n) is 4.40. The van der Waals surface area contributed by atoms with Crippen molar-refractivity contribution in [2.75, 3.05) is 26.1 Å². The first-order valence-corrected chi connectivity index (χ1v) is 15.9. The maximum Gasteiger partial charge on any atom is 0.282 e. The molecule has 1 amide bonds. The molecule has 12 heteroatoms. The Bertz CT molecular complexity index is 1740. The van der Waals surface area contributed by atoms with Gasteiger partial charge in [0.15, 0.2) is 5.78 Å². The van der Waals surface area contributed by atoms with E-state index < -0.39 is 26.0 Å². The third kappa shape index (κ3) is 6.50. The number of aryl methyl sites for hydroxylation is 1. The van der Waals surface area contributed by atoms with Crippen LogP contribution in [0.2, 0.25) is 5.02 Å². The van der Waals surface area contributed by atoms with Gasteiger partial charge < -0.3 is 4.57 Å². The van der Waals surface area contributed by atoms with E-state index in [0.29, 0.717) is 33.5 Å². The number of aromatic nitrogens is 1. The first-order chi connectivity index (χ1) is 18.3. The van der Waals surface area contributed by atoms with Gasteiger partial charge in [0.2, 0.25) is 20.0 Å². The summed E-state index contributed by atoms with van der Waals surface area (Å²) >= 11 is 6.30. The molecule has 0 fully saturated rings. The van der Waals surface area contributed by atoms with Crippen LogP contribution in [-0.4, -0.2) is 63.5 Å². The van der Waals surface area contributed by atoms with E-state index in [1.165, 1.54) is 18.4 Å². The summed E-state index contributed by atoms with van der Waals surface area (Å²) in [5.41, 5.74) is 2.83. The first kappa shape index (κ1) is 28.8. The quantitative estimate of drug-likeness (QED) is 0.408. The predicted molar refractivity (Wildman–Crippen MR) is 153 cm³/mol. The Kier molecular flexibility index (Phi) is 8.17. The topological polar surface area (TPSA) is 123 Å². The molecule has 0 spiro atoms. The molecule has 9 nitrogen and oxygen atoms in total. The number of nitrogens with one attached hydrogen (secondary N) is 1. The van der Waals surface area contributed by atoms with E-state index in [2.05, 4.69) is 0 Å². The van der Waals surface area contributed by atoms with Crippen LogP contribution in [0.5, 0.6) is 0 Å². The largest absolute Gasteiger partial charge is 0.331 e. The van der Waals surface area contributed by atoms with Gasteiger partial charge >= 0.3 is 0 Å². The SMILES string of the molecule is CN(C)S(=O)(=O)CCc1ccc(Cn2c(C(=O)NS(C)(=O)=O)c(C3=CC=CCC3=O)c3cc(Cl)ccc32)cc1.